The first-order chi connectivity index (χ1) is 15.5. The number of urea groups is 1. The summed E-state index contributed by atoms with van der Waals surface area (Å²) in [6.07, 6.45) is 0.743. The number of fused-ring (bicyclic) bond motifs is 1. The number of aliphatic hydroxyl groups excluding tert-OH is 1. The van der Waals surface area contributed by atoms with Crippen LogP contribution in [0.25, 0.3) is 11.3 Å². The molecule has 0 aliphatic carbocycles. The second-order valence-corrected chi connectivity index (χ2v) is 7.82. The molecule has 164 valence electrons. The Balaban J connectivity index is 1.72. The average molecular weight is 437 g/mol. The minimum absolute atomic E-state index is 0.129. The molecule has 1 fully saturated rings. The number of halogens is 2. The largest absolute Gasteiger partial charge is 0.393 e. The number of hydrogen-bond donors (Lipinski definition) is 2. The molecule has 1 saturated heterocycles. The molecule has 7 nitrogen and oxygen atoms in total. The van der Waals surface area contributed by atoms with E-state index in [1.807, 2.05) is 35.2 Å². The monoisotopic (exact) mass is 437 g/mol. The van der Waals surface area contributed by atoms with E-state index in [4.69, 9.17) is 4.98 Å². The lowest BCUT2D eigenvalue weighted by Gasteiger charge is -2.34. The molecule has 0 atom stereocenters. The van der Waals surface area contributed by atoms with Crippen LogP contribution < -0.4 is 15.1 Å². The van der Waals surface area contributed by atoms with Crippen LogP contribution >= 0.6 is 0 Å². The number of hydrogen-bond acceptors (Lipinski definition) is 5. The van der Waals surface area contributed by atoms with Crippen molar-refractivity contribution in [2.75, 3.05) is 22.9 Å². The summed E-state index contributed by atoms with van der Waals surface area (Å²) in [5, 5.41) is 12.6. The van der Waals surface area contributed by atoms with Gasteiger partial charge in [0.15, 0.2) is 5.82 Å². The number of carbonyl (C=O) groups excluding carboxylic acids is 1. The molecule has 2 N–H and O–H groups in total. The molecule has 2 aromatic carbocycles. The minimum Gasteiger partial charge on any atom is -0.393 e. The third-order valence-electron chi connectivity index (χ3n) is 5.76. The SMILES string of the molecule is O=C1NCc2c(-c3ccccc3)nc(N3CCC(O)CC3)nc2N1c1c(F)cccc1F. The number of piperidine rings is 1. The molecular formula is C23H21F2N5O2. The van der Waals surface area contributed by atoms with Crippen LogP contribution in [0.4, 0.5) is 31.0 Å². The number of amides is 2. The van der Waals surface area contributed by atoms with Gasteiger partial charge in [-0.15, -0.1) is 0 Å². The van der Waals surface area contributed by atoms with Crippen LogP contribution in [-0.2, 0) is 6.54 Å². The topological polar surface area (TPSA) is 81.6 Å². The number of aromatic nitrogens is 2. The molecule has 0 radical (unpaired) electrons. The second kappa shape index (κ2) is 8.16. The third kappa shape index (κ3) is 3.54. The number of aliphatic hydroxyl groups is 1. The standard InChI is InChI=1S/C23H21F2N5O2/c24-17-7-4-8-18(25)20(17)30-21-16(13-26-23(30)32)19(14-5-2-1-3-6-14)27-22(28-21)29-11-9-15(31)10-12-29/h1-8,15,31H,9-13H2,(H,26,32). The number of carbonyl (C=O) groups is 1. The summed E-state index contributed by atoms with van der Waals surface area (Å²) in [4.78, 5) is 25.1. The Hall–Kier alpha value is -3.59. The fourth-order valence-electron chi connectivity index (χ4n) is 4.10. The van der Waals surface area contributed by atoms with Crippen molar-refractivity contribution in [3.63, 3.8) is 0 Å². The van der Waals surface area contributed by atoms with Gasteiger partial charge in [0.2, 0.25) is 5.95 Å². The van der Waals surface area contributed by atoms with Crippen molar-refractivity contribution in [1.82, 2.24) is 15.3 Å². The molecule has 2 aliphatic heterocycles. The Labute approximate surface area is 183 Å². The number of benzene rings is 2. The molecule has 3 heterocycles. The molecule has 3 aromatic rings. The average Bonchev–Trinajstić information content (AvgIpc) is 2.80. The highest BCUT2D eigenvalue weighted by molar-refractivity contribution is 6.02. The number of para-hydroxylation sites is 1. The second-order valence-electron chi connectivity index (χ2n) is 7.82. The van der Waals surface area contributed by atoms with Gasteiger partial charge in [-0.05, 0) is 25.0 Å². The maximum atomic E-state index is 14.7. The molecule has 0 spiro atoms. The van der Waals surface area contributed by atoms with Crippen molar-refractivity contribution >= 4 is 23.5 Å². The van der Waals surface area contributed by atoms with Gasteiger partial charge in [-0.2, -0.15) is 4.98 Å². The highest BCUT2D eigenvalue weighted by Crippen LogP contribution is 2.39. The molecular weight excluding hydrogens is 416 g/mol. The predicted molar refractivity (Wildman–Crippen MR) is 116 cm³/mol. The zero-order valence-corrected chi connectivity index (χ0v) is 17.1. The maximum Gasteiger partial charge on any atom is 0.328 e. The molecule has 2 aliphatic rings. The van der Waals surface area contributed by atoms with Crippen LogP contribution in [0.15, 0.2) is 48.5 Å². The molecule has 9 heteroatoms. The van der Waals surface area contributed by atoms with E-state index in [1.54, 1.807) is 0 Å². The van der Waals surface area contributed by atoms with Crippen molar-refractivity contribution in [3.8, 4) is 11.3 Å². The van der Waals surface area contributed by atoms with E-state index < -0.39 is 23.4 Å². The quantitative estimate of drug-likeness (QED) is 0.652. The van der Waals surface area contributed by atoms with Crippen LogP contribution in [-0.4, -0.2) is 40.3 Å². The lowest BCUT2D eigenvalue weighted by molar-refractivity contribution is 0.145. The molecule has 32 heavy (non-hydrogen) atoms. The molecule has 0 bridgehead atoms. The van der Waals surface area contributed by atoms with Gasteiger partial charge >= 0.3 is 6.03 Å². The van der Waals surface area contributed by atoms with E-state index in [0.29, 0.717) is 43.1 Å². The van der Waals surface area contributed by atoms with Gasteiger partial charge in [-0.25, -0.2) is 23.5 Å². The lowest BCUT2D eigenvalue weighted by Crippen LogP contribution is -2.44. The minimum atomic E-state index is -0.865. The molecule has 0 saturated carbocycles. The van der Waals surface area contributed by atoms with Crippen LogP contribution in [0.3, 0.4) is 0 Å². The smallest absolute Gasteiger partial charge is 0.328 e. The molecule has 2 amide bonds. The summed E-state index contributed by atoms with van der Waals surface area (Å²) in [5.41, 5.74) is 1.47. The predicted octanol–water partition coefficient (Wildman–Crippen LogP) is 3.74. The Morgan fingerprint density at radius 3 is 2.34 bits per heavy atom. The molecule has 1 aromatic heterocycles. The number of rotatable bonds is 3. The van der Waals surface area contributed by atoms with Gasteiger partial charge in [-0.1, -0.05) is 36.4 Å². The van der Waals surface area contributed by atoms with Crippen molar-refractivity contribution < 1.29 is 18.7 Å². The summed E-state index contributed by atoms with van der Waals surface area (Å²) in [5.74, 6) is -1.23. The van der Waals surface area contributed by atoms with E-state index >= 15 is 0 Å². The lowest BCUT2D eigenvalue weighted by atomic mass is 10.0. The number of nitrogens with zero attached hydrogens (tertiary/aromatic N) is 4. The number of anilines is 3. The van der Waals surface area contributed by atoms with Gasteiger partial charge in [0.25, 0.3) is 0 Å². The van der Waals surface area contributed by atoms with Crippen LogP contribution in [0.5, 0.6) is 0 Å². The van der Waals surface area contributed by atoms with Gasteiger partial charge in [-0.3, -0.25) is 0 Å². The highest BCUT2D eigenvalue weighted by Gasteiger charge is 2.34. The summed E-state index contributed by atoms with van der Waals surface area (Å²) in [6, 6.07) is 12.2. The zero-order valence-electron chi connectivity index (χ0n) is 17.1. The van der Waals surface area contributed by atoms with Crippen LogP contribution in [0, 0.1) is 11.6 Å². The van der Waals surface area contributed by atoms with Crippen molar-refractivity contribution in [3.05, 3.63) is 65.7 Å². The summed E-state index contributed by atoms with van der Waals surface area (Å²) >= 11 is 0. The highest BCUT2D eigenvalue weighted by atomic mass is 19.1. The van der Waals surface area contributed by atoms with Gasteiger partial charge in [0, 0.05) is 24.2 Å². The first kappa shape index (κ1) is 20.3. The number of nitrogens with one attached hydrogen (secondary N) is 1. The first-order valence-corrected chi connectivity index (χ1v) is 10.4. The molecule has 5 rings (SSSR count). The van der Waals surface area contributed by atoms with Gasteiger partial charge in [0.1, 0.15) is 17.3 Å². The van der Waals surface area contributed by atoms with E-state index in [2.05, 4.69) is 10.3 Å². The fraction of sp³-hybridized carbons (Fsp3) is 0.261. The first-order valence-electron chi connectivity index (χ1n) is 10.4. The summed E-state index contributed by atoms with van der Waals surface area (Å²) < 4.78 is 29.4. The maximum absolute atomic E-state index is 14.7. The van der Waals surface area contributed by atoms with Crippen molar-refractivity contribution in [2.45, 2.75) is 25.5 Å². The molecule has 0 unspecified atom stereocenters. The van der Waals surface area contributed by atoms with Crippen LogP contribution in [0.1, 0.15) is 18.4 Å². The van der Waals surface area contributed by atoms with Gasteiger partial charge in [0.05, 0.1) is 18.3 Å². The van der Waals surface area contributed by atoms with Crippen LogP contribution in [0.2, 0.25) is 0 Å². The fourth-order valence-corrected chi connectivity index (χ4v) is 4.10. The Bertz CT molecular complexity index is 1150. The van der Waals surface area contributed by atoms with E-state index in [0.717, 1.165) is 22.6 Å². The van der Waals surface area contributed by atoms with Crippen molar-refractivity contribution in [1.29, 1.82) is 0 Å². The Morgan fingerprint density at radius 1 is 0.969 bits per heavy atom. The Morgan fingerprint density at radius 2 is 1.66 bits per heavy atom. The van der Waals surface area contributed by atoms with E-state index in [9.17, 15) is 18.7 Å². The van der Waals surface area contributed by atoms with Gasteiger partial charge < -0.3 is 15.3 Å². The van der Waals surface area contributed by atoms with E-state index in [1.165, 1.54) is 6.07 Å². The summed E-state index contributed by atoms with van der Waals surface area (Å²) in [6.45, 7) is 1.20. The Kier molecular flexibility index (Phi) is 5.18. The van der Waals surface area contributed by atoms with Crippen molar-refractivity contribution in [2.24, 2.45) is 0 Å². The normalized spacial score (nSPS) is 16.7. The third-order valence-corrected chi connectivity index (χ3v) is 5.76. The summed E-state index contributed by atoms with van der Waals surface area (Å²) in [7, 11) is 0. The zero-order chi connectivity index (χ0) is 22.2. The van der Waals surface area contributed by atoms with E-state index in [-0.39, 0.29) is 18.5 Å².